The minimum Gasteiger partial charge on any atom is -0.312 e. The largest absolute Gasteiger partial charge is 0.312 e. The molecule has 2 heterocycles. The molecule has 8 heteroatoms. The number of carbonyl (C=O) groups excluding carboxylic acids is 2. The molecule has 1 N–H and O–H groups in total. The van der Waals surface area contributed by atoms with Crippen LogP contribution in [0, 0.1) is 5.82 Å². The molecule has 0 aliphatic carbocycles. The zero-order valence-electron chi connectivity index (χ0n) is 14.1. The summed E-state index contributed by atoms with van der Waals surface area (Å²) in [5, 5.41) is 11.6. The lowest BCUT2D eigenvalue weighted by atomic mass is 10.1. The average Bonchev–Trinajstić information content (AvgIpc) is 3.29. The fourth-order valence-electron chi connectivity index (χ4n) is 2.99. The van der Waals surface area contributed by atoms with Crippen molar-refractivity contribution >= 4 is 34.0 Å². The first-order valence-corrected chi connectivity index (χ1v) is 9.18. The molecule has 27 heavy (non-hydrogen) atoms. The predicted molar refractivity (Wildman–Crippen MR) is 100 cm³/mol. The summed E-state index contributed by atoms with van der Waals surface area (Å²) < 4.78 is 13.7. The number of anilines is 2. The Kier molecular flexibility index (Phi) is 4.64. The normalized spacial score (nSPS) is 16.6. The van der Waals surface area contributed by atoms with E-state index in [1.165, 1.54) is 29.5 Å². The summed E-state index contributed by atoms with van der Waals surface area (Å²) in [7, 11) is 0. The maximum Gasteiger partial charge on any atom is 0.260 e. The number of aromatic nitrogens is 2. The van der Waals surface area contributed by atoms with Crippen LogP contribution in [0.2, 0.25) is 0 Å². The SMILES string of the molecule is O=C(Nc1nnc(C2CC(=O)N(c3ccccc3)C2)s1)c1ccccc1F. The van der Waals surface area contributed by atoms with Crippen molar-refractivity contribution in [3.8, 4) is 0 Å². The minimum absolute atomic E-state index is 0.0262. The van der Waals surface area contributed by atoms with Gasteiger partial charge in [-0.05, 0) is 24.3 Å². The van der Waals surface area contributed by atoms with Gasteiger partial charge in [-0.1, -0.05) is 41.7 Å². The van der Waals surface area contributed by atoms with E-state index >= 15 is 0 Å². The molecule has 1 atom stereocenters. The van der Waals surface area contributed by atoms with Crippen molar-refractivity contribution in [1.82, 2.24) is 10.2 Å². The average molecular weight is 382 g/mol. The highest BCUT2D eigenvalue weighted by molar-refractivity contribution is 7.15. The molecule has 2 amide bonds. The Morgan fingerprint density at radius 1 is 1.11 bits per heavy atom. The van der Waals surface area contributed by atoms with Crippen LogP contribution in [0.1, 0.15) is 27.7 Å². The summed E-state index contributed by atoms with van der Waals surface area (Å²) in [6.45, 7) is 0.513. The van der Waals surface area contributed by atoms with E-state index in [1.807, 2.05) is 30.3 Å². The number of para-hydroxylation sites is 1. The van der Waals surface area contributed by atoms with E-state index in [1.54, 1.807) is 11.0 Å². The molecular formula is C19H15FN4O2S. The third-order valence-corrected chi connectivity index (χ3v) is 5.32. The lowest BCUT2D eigenvalue weighted by Crippen LogP contribution is -2.24. The summed E-state index contributed by atoms with van der Waals surface area (Å²) in [6, 6.07) is 15.2. The topological polar surface area (TPSA) is 75.2 Å². The highest BCUT2D eigenvalue weighted by atomic mass is 32.1. The maximum atomic E-state index is 13.7. The van der Waals surface area contributed by atoms with Gasteiger partial charge in [0, 0.05) is 24.6 Å². The van der Waals surface area contributed by atoms with E-state index in [9.17, 15) is 14.0 Å². The highest BCUT2D eigenvalue weighted by Gasteiger charge is 2.33. The molecular weight excluding hydrogens is 367 g/mol. The number of hydrogen-bond donors (Lipinski definition) is 1. The molecule has 0 saturated carbocycles. The second-order valence-corrected chi connectivity index (χ2v) is 7.13. The Morgan fingerprint density at radius 2 is 1.85 bits per heavy atom. The lowest BCUT2D eigenvalue weighted by molar-refractivity contribution is -0.117. The van der Waals surface area contributed by atoms with Crippen LogP contribution in [0.15, 0.2) is 54.6 Å². The van der Waals surface area contributed by atoms with Gasteiger partial charge in [0.15, 0.2) is 0 Å². The number of amides is 2. The maximum absolute atomic E-state index is 13.7. The third kappa shape index (κ3) is 3.56. The number of carbonyl (C=O) groups is 2. The van der Waals surface area contributed by atoms with Crippen LogP contribution in [-0.2, 0) is 4.79 Å². The number of nitrogens with one attached hydrogen (secondary N) is 1. The number of nitrogens with zero attached hydrogens (tertiary/aromatic N) is 3. The molecule has 136 valence electrons. The molecule has 2 aromatic carbocycles. The van der Waals surface area contributed by atoms with Gasteiger partial charge in [-0.25, -0.2) is 4.39 Å². The van der Waals surface area contributed by atoms with Gasteiger partial charge >= 0.3 is 0 Å². The Bertz CT molecular complexity index is 992. The van der Waals surface area contributed by atoms with E-state index in [-0.39, 0.29) is 22.5 Å². The Labute approximate surface area is 158 Å². The van der Waals surface area contributed by atoms with Crippen molar-refractivity contribution in [1.29, 1.82) is 0 Å². The second-order valence-electron chi connectivity index (χ2n) is 6.12. The quantitative estimate of drug-likeness (QED) is 0.750. The Balaban J connectivity index is 1.46. The van der Waals surface area contributed by atoms with Gasteiger partial charge in [0.25, 0.3) is 5.91 Å². The van der Waals surface area contributed by atoms with Crippen LogP contribution in [0.4, 0.5) is 15.2 Å². The Hall–Kier alpha value is -3.13. The Morgan fingerprint density at radius 3 is 2.63 bits per heavy atom. The first-order valence-electron chi connectivity index (χ1n) is 8.36. The molecule has 1 aromatic heterocycles. The fraction of sp³-hybridized carbons (Fsp3) is 0.158. The van der Waals surface area contributed by atoms with Crippen molar-refractivity contribution in [2.24, 2.45) is 0 Å². The molecule has 1 aliphatic heterocycles. The molecule has 1 unspecified atom stereocenters. The monoisotopic (exact) mass is 382 g/mol. The van der Waals surface area contributed by atoms with Crippen LogP contribution in [0.25, 0.3) is 0 Å². The van der Waals surface area contributed by atoms with Gasteiger partial charge in [0.1, 0.15) is 10.8 Å². The molecule has 1 fully saturated rings. The zero-order valence-corrected chi connectivity index (χ0v) is 14.9. The van der Waals surface area contributed by atoms with Gasteiger partial charge in [-0.15, -0.1) is 10.2 Å². The fourth-order valence-corrected chi connectivity index (χ4v) is 3.82. The standard InChI is InChI=1S/C19H15FN4O2S/c20-15-9-5-4-8-14(15)17(26)21-19-23-22-18(27-19)12-10-16(25)24(11-12)13-6-2-1-3-7-13/h1-9,12H,10-11H2,(H,21,23,26). The van der Waals surface area contributed by atoms with Crippen LogP contribution in [0.3, 0.4) is 0 Å². The number of halogens is 1. The summed E-state index contributed by atoms with van der Waals surface area (Å²) >= 11 is 1.20. The molecule has 1 saturated heterocycles. The highest BCUT2D eigenvalue weighted by Crippen LogP contribution is 2.34. The first-order chi connectivity index (χ1) is 13.1. The van der Waals surface area contributed by atoms with E-state index in [4.69, 9.17) is 0 Å². The van der Waals surface area contributed by atoms with Crippen LogP contribution in [0.5, 0.6) is 0 Å². The molecule has 6 nitrogen and oxygen atoms in total. The second kappa shape index (κ2) is 7.24. The van der Waals surface area contributed by atoms with Crippen LogP contribution in [-0.4, -0.2) is 28.6 Å². The number of hydrogen-bond acceptors (Lipinski definition) is 5. The van der Waals surface area contributed by atoms with Crippen molar-refractivity contribution in [3.05, 3.63) is 71.0 Å². The summed E-state index contributed by atoms with van der Waals surface area (Å²) in [5.74, 6) is -1.24. The molecule has 3 aromatic rings. The van der Waals surface area contributed by atoms with E-state index < -0.39 is 11.7 Å². The first kappa shape index (κ1) is 17.3. The van der Waals surface area contributed by atoms with Gasteiger partial charge in [0.05, 0.1) is 5.56 Å². The van der Waals surface area contributed by atoms with Crippen molar-refractivity contribution < 1.29 is 14.0 Å². The van der Waals surface area contributed by atoms with E-state index in [0.717, 1.165) is 5.69 Å². The van der Waals surface area contributed by atoms with Crippen molar-refractivity contribution in [2.45, 2.75) is 12.3 Å². The molecule has 1 aliphatic rings. The number of rotatable bonds is 4. The lowest BCUT2D eigenvalue weighted by Gasteiger charge is -2.15. The van der Waals surface area contributed by atoms with Gasteiger partial charge in [-0.3, -0.25) is 14.9 Å². The van der Waals surface area contributed by atoms with Crippen LogP contribution >= 0.6 is 11.3 Å². The van der Waals surface area contributed by atoms with Gasteiger partial charge in [-0.2, -0.15) is 0 Å². The molecule has 4 rings (SSSR count). The zero-order chi connectivity index (χ0) is 18.8. The van der Waals surface area contributed by atoms with Crippen molar-refractivity contribution in [2.75, 3.05) is 16.8 Å². The summed E-state index contributed by atoms with van der Waals surface area (Å²) in [5.41, 5.74) is 0.795. The molecule has 0 bridgehead atoms. The molecule has 0 spiro atoms. The molecule has 0 radical (unpaired) electrons. The number of benzene rings is 2. The van der Waals surface area contributed by atoms with E-state index in [0.29, 0.717) is 18.0 Å². The predicted octanol–water partition coefficient (Wildman–Crippen LogP) is 3.45. The van der Waals surface area contributed by atoms with Crippen LogP contribution < -0.4 is 10.2 Å². The smallest absolute Gasteiger partial charge is 0.260 e. The third-order valence-electron chi connectivity index (χ3n) is 4.32. The van der Waals surface area contributed by atoms with Crippen molar-refractivity contribution in [3.63, 3.8) is 0 Å². The van der Waals surface area contributed by atoms with E-state index in [2.05, 4.69) is 15.5 Å². The van der Waals surface area contributed by atoms with Gasteiger partial charge < -0.3 is 4.90 Å². The van der Waals surface area contributed by atoms with Gasteiger partial charge in [0.2, 0.25) is 11.0 Å². The summed E-state index contributed by atoms with van der Waals surface area (Å²) in [6.07, 6.45) is 0.338. The minimum atomic E-state index is -0.598. The summed E-state index contributed by atoms with van der Waals surface area (Å²) in [4.78, 5) is 26.2.